The van der Waals surface area contributed by atoms with Gasteiger partial charge in [-0.3, -0.25) is 4.79 Å². The molecule has 2 atom stereocenters. The summed E-state index contributed by atoms with van der Waals surface area (Å²) >= 11 is 4.67. The van der Waals surface area contributed by atoms with Gasteiger partial charge in [0.25, 0.3) is 5.91 Å². The van der Waals surface area contributed by atoms with Gasteiger partial charge in [0.15, 0.2) is 11.6 Å². The molecule has 3 rings (SSSR count). The quantitative estimate of drug-likeness (QED) is 0.521. The maximum atomic E-state index is 14.7. The van der Waals surface area contributed by atoms with E-state index in [2.05, 4.69) is 21.1 Å². The van der Waals surface area contributed by atoms with Gasteiger partial charge in [0, 0.05) is 30.3 Å². The molecule has 2 aliphatic rings. The normalized spacial score (nSPS) is 24.2. The summed E-state index contributed by atoms with van der Waals surface area (Å²) in [7, 11) is 0. The number of rotatable bonds is 5. The Hall–Kier alpha value is -2.60. The fourth-order valence-electron chi connectivity index (χ4n) is 3.21. The van der Waals surface area contributed by atoms with Crippen molar-refractivity contribution in [3.8, 4) is 5.75 Å². The summed E-state index contributed by atoms with van der Waals surface area (Å²) < 4.78 is 89.9. The SMILES string of the molecule is NC(=O)C1=C(F)C(F)(F)OC(C2C[C@@H](O)CN2c2ccc(OC(F)(F)Cl)cc2)=C1F.[H+]. The molecule has 1 fully saturated rings. The second-order valence-electron chi connectivity index (χ2n) is 6.45. The van der Waals surface area contributed by atoms with Gasteiger partial charge in [0.2, 0.25) is 5.83 Å². The Morgan fingerprint density at radius 1 is 1.33 bits per heavy atom. The Balaban J connectivity index is 0.00000341. The molecule has 1 amide bonds. The van der Waals surface area contributed by atoms with E-state index in [4.69, 9.17) is 5.73 Å². The molecule has 13 heteroatoms. The zero-order valence-corrected chi connectivity index (χ0v) is 15.5. The number of β-amino-alcohol motifs (C(OH)–C–C–N with tert-alkyl or cyclic N) is 1. The maximum absolute atomic E-state index is 14.7. The molecule has 0 aromatic heterocycles. The Bertz CT molecular complexity index is 922. The molecule has 1 saturated heterocycles. The van der Waals surface area contributed by atoms with Crippen molar-refractivity contribution in [3.05, 3.63) is 47.3 Å². The number of primary amides is 1. The topological polar surface area (TPSA) is 85.0 Å². The number of carbonyl (C=O) groups excluding carboxylic acids is 1. The van der Waals surface area contributed by atoms with Crippen LogP contribution < -0.4 is 15.4 Å². The van der Waals surface area contributed by atoms with E-state index < -0.39 is 52.7 Å². The Morgan fingerprint density at radius 2 is 1.93 bits per heavy atom. The number of nitrogens with two attached hydrogens (primary N) is 1. The van der Waals surface area contributed by atoms with Gasteiger partial charge in [-0.25, -0.2) is 4.39 Å². The molecule has 1 aromatic carbocycles. The molecule has 1 aromatic rings. The highest BCUT2D eigenvalue weighted by atomic mass is 35.5. The number of alkyl halides is 5. The second-order valence-corrected chi connectivity index (χ2v) is 6.89. The number of carbonyl (C=O) groups is 1. The van der Waals surface area contributed by atoms with Crippen LogP contribution in [0.2, 0.25) is 0 Å². The Kier molecular flexibility index (Phi) is 5.58. The highest BCUT2D eigenvalue weighted by Gasteiger charge is 2.51. The first-order valence-electron chi connectivity index (χ1n) is 8.27. The van der Waals surface area contributed by atoms with Crippen LogP contribution in [0.5, 0.6) is 5.75 Å². The standard InChI is InChI=1S/C17H13ClF6N2O4/c18-17(23,24)29-9-3-1-7(2-4-9)26-6-8(27)5-10(26)13-12(19)11(15(25)28)14(20)16(21,22)30-13/h1-4,8,10,27H,5-6H2,(H2,25,28)/p+1/t8-,10?/m1/s1. The lowest BCUT2D eigenvalue weighted by atomic mass is 10.0. The molecular formula is C17H14ClF6N2O4+. The maximum Gasteiger partial charge on any atom is 1.00 e. The Morgan fingerprint density at radius 3 is 2.47 bits per heavy atom. The van der Waals surface area contributed by atoms with Crippen molar-refractivity contribution < 1.29 is 47.1 Å². The van der Waals surface area contributed by atoms with Crippen LogP contribution in [0.3, 0.4) is 0 Å². The van der Waals surface area contributed by atoms with Crippen molar-refractivity contribution in [2.45, 2.75) is 30.2 Å². The van der Waals surface area contributed by atoms with Crippen molar-refractivity contribution in [1.29, 1.82) is 0 Å². The minimum Gasteiger partial charge on any atom is -0.426 e. The molecule has 0 spiro atoms. The van der Waals surface area contributed by atoms with E-state index in [1.807, 2.05) is 0 Å². The largest absolute Gasteiger partial charge is 1.00 e. The van der Waals surface area contributed by atoms with E-state index >= 15 is 0 Å². The average Bonchev–Trinajstić information content (AvgIpc) is 2.99. The van der Waals surface area contributed by atoms with Crippen molar-refractivity contribution in [3.63, 3.8) is 0 Å². The number of aliphatic hydroxyl groups is 1. The van der Waals surface area contributed by atoms with Crippen LogP contribution in [-0.2, 0) is 9.53 Å². The average molecular weight is 460 g/mol. The number of anilines is 1. The molecule has 0 radical (unpaired) electrons. The van der Waals surface area contributed by atoms with Gasteiger partial charge in [-0.2, -0.15) is 13.2 Å². The van der Waals surface area contributed by atoms with Crippen molar-refractivity contribution >= 4 is 23.2 Å². The van der Waals surface area contributed by atoms with E-state index in [1.165, 1.54) is 17.0 Å². The molecule has 3 N–H and O–H groups in total. The minimum absolute atomic E-state index is 0. The highest BCUT2D eigenvalue weighted by Crippen LogP contribution is 2.44. The van der Waals surface area contributed by atoms with E-state index in [-0.39, 0.29) is 25.8 Å². The summed E-state index contributed by atoms with van der Waals surface area (Å²) in [4.78, 5) is 12.5. The Labute approximate surface area is 171 Å². The molecule has 2 aliphatic heterocycles. The van der Waals surface area contributed by atoms with E-state index in [9.17, 15) is 36.2 Å². The molecule has 1 unspecified atom stereocenters. The zero-order valence-electron chi connectivity index (χ0n) is 15.7. The summed E-state index contributed by atoms with van der Waals surface area (Å²) in [6, 6.07) is 3.20. The van der Waals surface area contributed by atoms with Crippen LogP contribution >= 0.6 is 11.6 Å². The number of hydrogen-bond acceptors (Lipinski definition) is 5. The number of hydrogen-bond donors (Lipinski definition) is 2. The molecular weight excluding hydrogens is 446 g/mol. The van der Waals surface area contributed by atoms with Crippen LogP contribution in [0, 0.1) is 0 Å². The van der Waals surface area contributed by atoms with Gasteiger partial charge in [0.05, 0.1) is 12.1 Å². The molecule has 164 valence electrons. The smallest absolute Gasteiger partial charge is 0.426 e. The number of ether oxygens (including phenoxy) is 2. The fourth-order valence-corrected chi connectivity index (χ4v) is 3.30. The highest BCUT2D eigenvalue weighted by molar-refractivity contribution is 6.20. The lowest BCUT2D eigenvalue weighted by Gasteiger charge is -2.32. The number of amides is 1. The third-order valence-electron chi connectivity index (χ3n) is 4.38. The molecule has 2 heterocycles. The molecule has 0 saturated carbocycles. The molecule has 30 heavy (non-hydrogen) atoms. The first kappa shape index (κ1) is 22.1. The van der Waals surface area contributed by atoms with E-state index in [1.54, 1.807) is 0 Å². The number of benzene rings is 1. The van der Waals surface area contributed by atoms with Crippen LogP contribution in [-0.4, -0.2) is 41.4 Å². The first-order valence-corrected chi connectivity index (χ1v) is 8.65. The molecule has 6 nitrogen and oxygen atoms in total. The van der Waals surface area contributed by atoms with Crippen LogP contribution in [0.25, 0.3) is 0 Å². The van der Waals surface area contributed by atoms with Crippen LogP contribution in [0.4, 0.5) is 32.0 Å². The van der Waals surface area contributed by atoms with Gasteiger partial charge >= 0.3 is 13.1 Å². The summed E-state index contributed by atoms with van der Waals surface area (Å²) in [6.07, 6.45) is -6.11. The number of nitrogens with zero attached hydrogens (tertiary/aromatic N) is 1. The first-order chi connectivity index (χ1) is 13.8. The predicted molar refractivity (Wildman–Crippen MR) is 92.2 cm³/mol. The summed E-state index contributed by atoms with van der Waals surface area (Å²) in [5, 5.41) is 9.96. The van der Waals surface area contributed by atoms with Gasteiger partial charge in [0.1, 0.15) is 11.3 Å². The summed E-state index contributed by atoms with van der Waals surface area (Å²) in [5.41, 5.74) is -0.632. The molecule has 0 aliphatic carbocycles. The van der Waals surface area contributed by atoms with Gasteiger partial charge in [-0.1, -0.05) is 0 Å². The predicted octanol–water partition coefficient (Wildman–Crippen LogP) is 3.42. The minimum atomic E-state index is -4.65. The second kappa shape index (κ2) is 7.58. The van der Waals surface area contributed by atoms with Crippen molar-refractivity contribution in [1.82, 2.24) is 0 Å². The third-order valence-corrected chi connectivity index (χ3v) is 4.46. The molecule has 0 bridgehead atoms. The number of aliphatic hydroxyl groups excluding tert-OH is 1. The number of halogens is 7. The fraction of sp³-hybridized carbons (Fsp3) is 0.353. The van der Waals surface area contributed by atoms with Crippen molar-refractivity contribution in [2.75, 3.05) is 11.4 Å². The van der Waals surface area contributed by atoms with Gasteiger partial charge in [-0.05, 0) is 24.3 Å². The van der Waals surface area contributed by atoms with E-state index in [0.717, 1.165) is 12.1 Å². The van der Waals surface area contributed by atoms with Gasteiger partial charge in [-0.15, -0.1) is 8.78 Å². The van der Waals surface area contributed by atoms with Crippen LogP contribution in [0.15, 0.2) is 47.3 Å². The lowest BCUT2D eigenvalue weighted by molar-refractivity contribution is -0.203. The van der Waals surface area contributed by atoms with Crippen LogP contribution in [0.1, 0.15) is 7.85 Å². The zero-order chi connectivity index (χ0) is 22.4. The third kappa shape index (κ3) is 4.29. The summed E-state index contributed by atoms with van der Waals surface area (Å²) in [6.45, 7) is -0.194. The lowest BCUT2D eigenvalue weighted by Crippen LogP contribution is -2.39. The monoisotopic (exact) mass is 459 g/mol. The summed E-state index contributed by atoms with van der Waals surface area (Å²) in [5.74, 6) is -7.39. The van der Waals surface area contributed by atoms with E-state index in [0.29, 0.717) is 0 Å². The van der Waals surface area contributed by atoms with Crippen molar-refractivity contribution in [2.24, 2.45) is 5.73 Å². The van der Waals surface area contributed by atoms with Gasteiger partial charge < -0.3 is 25.2 Å².